The van der Waals surface area contributed by atoms with E-state index in [0.29, 0.717) is 47.0 Å². The van der Waals surface area contributed by atoms with Crippen molar-refractivity contribution in [1.29, 1.82) is 0 Å². The van der Waals surface area contributed by atoms with Crippen LogP contribution < -0.4 is 29.6 Å². The van der Waals surface area contributed by atoms with Crippen molar-refractivity contribution in [2.24, 2.45) is 11.7 Å². The summed E-state index contributed by atoms with van der Waals surface area (Å²) < 4.78 is 41.6. The van der Waals surface area contributed by atoms with E-state index >= 15 is 0 Å². The van der Waals surface area contributed by atoms with Crippen molar-refractivity contribution >= 4 is 11.9 Å². The van der Waals surface area contributed by atoms with Crippen LogP contribution in [0.2, 0.25) is 0 Å². The van der Waals surface area contributed by atoms with Gasteiger partial charge in [0.1, 0.15) is 61.3 Å². The molecule has 0 saturated carbocycles. The number of esters is 1. The minimum absolute atomic E-state index is 0.0442. The van der Waals surface area contributed by atoms with Gasteiger partial charge in [0.25, 0.3) is 6.29 Å². The zero-order valence-electron chi connectivity index (χ0n) is 32.3. The first kappa shape index (κ1) is 41.3. The third-order valence-corrected chi connectivity index (χ3v) is 10.4. The largest absolute Gasteiger partial charge is 0.508 e. The van der Waals surface area contributed by atoms with Crippen LogP contribution in [-0.2, 0) is 47.9 Å². The second-order valence-corrected chi connectivity index (χ2v) is 15.1. The fourth-order valence-electron chi connectivity index (χ4n) is 7.68. The van der Waals surface area contributed by atoms with Crippen molar-refractivity contribution in [2.75, 3.05) is 33.0 Å². The number of aliphatic hydroxyl groups is 3. The van der Waals surface area contributed by atoms with Gasteiger partial charge in [0.05, 0.1) is 19.1 Å². The number of hydrogen-bond donors (Lipinski definition) is 6. The summed E-state index contributed by atoms with van der Waals surface area (Å²) in [6.07, 6.45) is -8.18. The number of phenolic OH excluding ortho intramolecular Hbond substituents is 1. The molecule has 8 atom stereocenters. The van der Waals surface area contributed by atoms with Crippen LogP contribution in [0.5, 0.6) is 34.5 Å². The zero-order chi connectivity index (χ0) is 41.2. The van der Waals surface area contributed by atoms with Crippen LogP contribution in [-0.4, -0.2) is 107 Å². The average molecular weight is 812 g/mol. The van der Waals surface area contributed by atoms with Crippen molar-refractivity contribution in [3.63, 3.8) is 0 Å². The lowest BCUT2D eigenvalue weighted by molar-refractivity contribution is -0.372. The van der Waals surface area contributed by atoms with Crippen LogP contribution in [0, 0.1) is 5.92 Å². The Morgan fingerprint density at radius 2 is 1.76 bits per heavy atom. The van der Waals surface area contributed by atoms with E-state index in [1.807, 2.05) is 25.1 Å². The van der Waals surface area contributed by atoms with Gasteiger partial charge in [0.15, 0.2) is 29.6 Å². The Morgan fingerprint density at radius 1 is 0.966 bits per heavy atom. The number of aliphatic carboxylic acids is 1. The van der Waals surface area contributed by atoms with Gasteiger partial charge in [0.2, 0.25) is 0 Å². The summed E-state index contributed by atoms with van der Waals surface area (Å²) in [5.74, 6) is 0.101. The maximum absolute atomic E-state index is 11.9. The van der Waals surface area contributed by atoms with Crippen molar-refractivity contribution in [3.05, 3.63) is 69.8 Å². The SMILES string of the molecule is CCc1cc(O)cc(Cc2cc3c(cc2OOC2C(OCCN)OC(COC(=O)CC(=O)O)C(O)C2O)C2Oc4c(cc5c(c4CC(C)C)OC(CO)O5)C2CO3)c1. The van der Waals surface area contributed by atoms with Crippen LogP contribution in [0.4, 0.5) is 0 Å². The molecule has 17 nitrogen and oxygen atoms in total. The molecule has 1 fully saturated rings. The molecule has 3 aromatic carbocycles. The lowest BCUT2D eigenvalue weighted by Crippen LogP contribution is -2.60. The van der Waals surface area contributed by atoms with Gasteiger partial charge in [-0.2, -0.15) is 4.89 Å². The molecule has 314 valence electrons. The summed E-state index contributed by atoms with van der Waals surface area (Å²) in [6, 6.07) is 10.7. The summed E-state index contributed by atoms with van der Waals surface area (Å²) in [7, 11) is 0. The van der Waals surface area contributed by atoms with Crippen LogP contribution in [0.3, 0.4) is 0 Å². The summed E-state index contributed by atoms with van der Waals surface area (Å²) in [6.45, 7) is 5.57. The summed E-state index contributed by atoms with van der Waals surface area (Å²) in [5, 5.41) is 51.4. The molecule has 7 N–H and O–H groups in total. The summed E-state index contributed by atoms with van der Waals surface area (Å²) in [5.41, 5.74) is 10.3. The van der Waals surface area contributed by atoms with Crippen LogP contribution >= 0.6 is 0 Å². The number of carbonyl (C=O) groups is 2. The molecule has 7 rings (SSSR count). The van der Waals surface area contributed by atoms with Crippen molar-refractivity contribution < 1.29 is 78.1 Å². The molecule has 58 heavy (non-hydrogen) atoms. The number of aromatic hydroxyl groups is 1. The van der Waals surface area contributed by atoms with Gasteiger partial charge in [-0.05, 0) is 60.2 Å². The minimum Gasteiger partial charge on any atom is -0.508 e. The molecule has 8 unspecified atom stereocenters. The molecule has 4 aliphatic rings. The summed E-state index contributed by atoms with van der Waals surface area (Å²) in [4.78, 5) is 34.7. The fourth-order valence-corrected chi connectivity index (χ4v) is 7.68. The second-order valence-electron chi connectivity index (χ2n) is 15.1. The van der Waals surface area contributed by atoms with Crippen molar-refractivity contribution in [3.8, 4) is 34.5 Å². The smallest absolute Gasteiger partial charge is 0.317 e. The molecule has 0 radical (unpaired) electrons. The van der Waals surface area contributed by atoms with E-state index in [2.05, 4.69) is 13.8 Å². The Hall–Kier alpha value is -4.88. The number of carboxylic acid groups (broad SMARTS) is 1. The number of phenols is 1. The van der Waals surface area contributed by atoms with Crippen molar-refractivity contribution in [2.45, 2.75) is 95.5 Å². The van der Waals surface area contributed by atoms with E-state index in [4.69, 9.17) is 53.8 Å². The number of fused-ring (bicyclic) bond motifs is 6. The number of aryl methyl sites for hydroxylation is 1. The topological polar surface area (TPSA) is 244 Å². The first-order valence-electron chi connectivity index (χ1n) is 19.3. The van der Waals surface area contributed by atoms with Crippen LogP contribution in [0.1, 0.15) is 72.6 Å². The normalized spacial score (nSPS) is 25.3. The van der Waals surface area contributed by atoms with E-state index in [-0.39, 0.29) is 56.1 Å². The molecule has 4 heterocycles. The molecule has 0 amide bonds. The molecule has 17 heteroatoms. The first-order valence-corrected chi connectivity index (χ1v) is 19.3. The quantitative estimate of drug-likeness (QED) is 0.0527. The number of carboxylic acids is 1. The van der Waals surface area contributed by atoms with Gasteiger partial charge in [-0.3, -0.25) is 9.59 Å². The van der Waals surface area contributed by atoms with Gasteiger partial charge in [-0.1, -0.05) is 26.8 Å². The van der Waals surface area contributed by atoms with Crippen LogP contribution in [0.25, 0.3) is 0 Å². The Labute approximate surface area is 334 Å². The maximum Gasteiger partial charge on any atom is 0.317 e. The molecule has 4 aliphatic heterocycles. The Bertz CT molecular complexity index is 1990. The van der Waals surface area contributed by atoms with Gasteiger partial charge >= 0.3 is 11.9 Å². The average Bonchev–Trinajstić information content (AvgIpc) is 3.78. The van der Waals surface area contributed by atoms with E-state index in [1.165, 1.54) is 0 Å². The summed E-state index contributed by atoms with van der Waals surface area (Å²) >= 11 is 0. The molecule has 0 bridgehead atoms. The lowest BCUT2D eigenvalue weighted by atomic mass is 9.86. The maximum atomic E-state index is 11.9. The highest BCUT2D eigenvalue weighted by molar-refractivity contribution is 5.90. The predicted octanol–water partition coefficient (Wildman–Crippen LogP) is 2.56. The van der Waals surface area contributed by atoms with Crippen LogP contribution in [0.15, 0.2) is 36.4 Å². The number of aliphatic hydroxyl groups excluding tert-OH is 3. The third kappa shape index (κ3) is 8.61. The highest BCUT2D eigenvalue weighted by Gasteiger charge is 2.49. The van der Waals surface area contributed by atoms with Gasteiger partial charge in [-0.25, -0.2) is 0 Å². The lowest BCUT2D eigenvalue weighted by Gasteiger charge is -2.41. The monoisotopic (exact) mass is 811 g/mol. The molecule has 0 aliphatic carbocycles. The molecular formula is C41H49NO16. The second kappa shape index (κ2) is 17.5. The fraction of sp³-hybridized carbons (Fsp3) is 0.512. The minimum atomic E-state index is -1.70. The highest BCUT2D eigenvalue weighted by atomic mass is 17.2. The van der Waals surface area contributed by atoms with E-state index in [9.17, 15) is 30.0 Å². The highest BCUT2D eigenvalue weighted by Crippen LogP contribution is 2.58. The Balaban J connectivity index is 1.20. The molecule has 0 aromatic heterocycles. The Morgan fingerprint density at radius 3 is 2.48 bits per heavy atom. The standard InChI is InChI=1S/C41H49NO16/c1-4-20-8-21(11-23(44)10-20)9-22-12-29-25(38-27(17-51-29)24-13-30-39(55-34(16-43)53-30)26(7-19(2)3)37(24)56-38)14-28(22)57-58-40-36(49)35(48)31(54-41(40)50-6-5-42)18-52-33(47)15-32(45)46/h8,10-14,19,27,31,34-36,38,40-41,43-44,48-49H,4-7,9,15-18,42H2,1-3H3,(H,45,46). The molecular weight excluding hydrogens is 762 g/mol. The Kier molecular flexibility index (Phi) is 12.5. The number of hydrogen-bond acceptors (Lipinski definition) is 16. The predicted molar refractivity (Wildman–Crippen MR) is 200 cm³/mol. The number of nitrogens with two attached hydrogens (primary N) is 1. The third-order valence-electron chi connectivity index (χ3n) is 10.4. The molecule has 3 aromatic rings. The number of carbonyl (C=O) groups excluding carboxylic acids is 1. The number of benzene rings is 3. The van der Waals surface area contributed by atoms with E-state index in [0.717, 1.165) is 22.3 Å². The molecule has 0 spiro atoms. The van der Waals surface area contributed by atoms with Crippen molar-refractivity contribution in [1.82, 2.24) is 0 Å². The van der Waals surface area contributed by atoms with Gasteiger partial charge in [-0.15, -0.1) is 0 Å². The van der Waals surface area contributed by atoms with E-state index in [1.54, 1.807) is 18.2 Å². The van der Waals surface area contributed by atoms with E-state index < -0.39 is 68.1 Å². The van der Waals surface area contributed by atoms with Gasteiger partial charge in [0, 0.05) is 35.2 Å². The zero-order valence-corrected chi connectivity index (χ0v) is 32.3. The number of rotatable bonds is 16. The van der Waals surface area contributed by atoms with Gasteiger partial charge < -0.3 is 69.3 Å². The first-order chi connectivity index (χ1) is 27.9. The number of ether oxygens (including phenoxy) is 7. The molecule has 1 saturated heterocycles.